The number of hydrogen-bond acceptors (Lipinski definition) is 0. The summed E-state index contributed by atoms with van der Waals surface area (Å²) in [6.45, 7) is 10.3. The standard InChI is InChI=1S/C6H13.Li.H/c1-5-6(2,3)4;;/h1,5H2,2-4H3;;. The molecule has 0 aliphatic heterocycles. The molecule has 1 radical (unpaired) electrons. The van der Waals surface area contributed by atoms with Gasteiger partial charge in [0.15, 0.2) is 0 Å². The van der Waals surface area contributed by atoms with Crippen molar-refractivity contribution in [2.24, 2.45) is 5.41 Å². The monoisotopic (exact) mass is 93.1 g/mol. The summed E-state index contributed by atoms with van der Waals surface area (Å²) in [4.78, 5) is 0. The molecule has 0 amide bonds. The third kappa shape index (κ3) is 10.8. The van der Waals surface area contributed by atoms with Crippen molar-refractivity contribution < 1.29 is 0 Å². The van der Waals surface area contributed by atoms with Gasteiger partial charge in [0.2, 0.25) is 0 Å². The van der Waals surface area contributed by atoms with Crippen LogP contribution in [0.25, 0.3) is 0 Å². The van der Waals surface area contributed by atoms with Crippen LogP contribution in [0.1, 0.15) is 27.2 Å². The van der Waals surface area contributed by atoms with E-state index in [0.717, 1.165) is 6.42 Å². The van der Waals surface area contributed by atoms with Gasteiger partial charge in [0.1, 0.15) is 0 Å². The van der Waals surface area contributed by atoms with Crippen LogP contribution in [0, 0.1) is 12.3 Å². The van der Waals surface area contributed by atoms with Crippen LogP contribution >= 0.6 is 0 Å². The molecule has 0 nitrogen and oxygen atoms in total. The van der Waals surface area contributed by atoms with E-state index in [4.69, 9.17) is 0 Å². The van der Waals surface area contributed by atoms with E-state index < -0.39 is 0 Å². The van der Waals surface area contributed by atoms with Crippen molar-refractivity contribution in [3.63, 3.8) is 0 Å². The van der Waals surface area contributed by atoms with Gasteiger partial charge in [-0.1, -0.05) is 27.7 Å². The van der Waals surface area contributed by atoms with Gasteiger partial charge in [0.25, 0.3) is 0 Å². The molecule has 0 aromatic heterocycles. The third-order valence-electron chi connectivity index (χ3n) is 0.750. The molecule has 1 heteroatoms. The number of hydrogen-bond donors (Lipinski definition) is 0. The fourth-order valence-corrected chi connectivity index (χ4v) is 0. The Morgan fingerprint density at radius 3 is 1.43 bits per heavy atom. The molecule has 0 spiro atoms. The zero-order valence-corrected chi connectivity index (χ0v) is 4.91. The molecule has 0 aliphatic carbocycles. The average molecular weight is 93.1 g/mol. The van der Waals surface area contributed by atoms with E-state index in [1.165, 1.54) is 0 Å². The van der Waals surface area contributed by atoms with Crippen molar-refractivity contribution in [1.29, 1.82) is 0 Å². The topological polar surface area (TPSA) is 0 Å². The maximum atomic E-state index is 3.76. The Hall–Kier alpha value is 0.597. The molecule has 0 atom stereocenters. The molecule has 0 aromatic carbocycles. The van der Waals surface area contributed by atoms with Gasteiger partial charge in [-0.15, -0.1) is 0 Å². The Morgan fingerprint density at radius 2 is 1.43 bits per heavy atom. The van der Waals surface area contributed by atoms with Gasteiger partial charge < -0.3 is 0 Å². The van der Waals surface area contributed by atoms with Crippen molar-refractivity contribution in [3.8, 4) is 0 Å². The third-order valence-corrected chi connectivity index (χ3v) is 0.750. The van der Waals surface area contributed by atoms with Crippen LogP contribution in [0.5, 0.6) is 0 Å². The summed E-state index contributed by atoms with van der Waals surface area (Å²) in [5.74, 6) is 0. The summed E-state index contributed by atoms with van der Waals surface area (Å²) in [7, 11) is 0. The second-order valence-corrected chi connectivity index (χ2v) is 2.81. The minimum atomic E-state index is 0. The zero-order chi connectivity index (χ0) is 5.21. The first-order valence-corrected chi connectivity index (χ1v) is 2.35. The molecule has 7 heavy (non-hydrogen) atoms. The van der Waals surface area contributed by atoms with Gasteiger partial charge in [-0.05, 0) is 11.8 Å². The number of rotatable bonds is 0. The Bertz CT molecular complexity index is 33.9. The predicted molar refractivity (Wildman–Crippen MR) is 36.6 cm³/mol. The van der Waals surface area contributed by atoms with Crippen LogP contribution in [0.4, 0.5) is 0 Å². The quantitative estimate of drug-likeness (QED) is 0.399. The molecular weight excluding hydrogens is 79.0 g/mol. The van der Waals surface area contributed by atoms with Gasteiger partial charge in [-0.25, -0.2) is 0 Å². The molecule has 0 saturated carbocycles. The van der Waals surface area contributed by atoms with Crippen LogP contribution in [0.3, 0.4) is 0 Å². The second kappa shape index (κ2) is 3.58. The molecule has 0 aliphatic rings. The van der Waals surface area contributed by atoms with Gasteiger partial charge >= 0.3 is 18.9 Å². The van der Waals surface area contributed by atoms with E-state index in [-0.39, 0.29) is 18.9 Å². The second-order valence-electron chi connectivity index (χ2n) is 2.81. The van der Waals surface area contributed by atoms with Gasteiger partial charge in [0, 0.05) is 0 Å². The summed E-state index contributed by atoms with van der Waals surface area (Å²) in [5, 5.41) is 0. The Labute approximate surface area is 58.9 Å². The summed E-state index contributed by atoms with van der Waals surface area (Å²) >= 11 is 0. The van der Waals surface area contributed by atoms with Crippen LogP contribution in [0.2, 0.25) is 0 Å². The van der Waals surface area contributed by atoms with Gasteiger partial charge in [-0.2, -0.15) is 0 Å². The van der Waals surface area contributed by atoms with Crippen LogP contribution in [0.15, 0.2) is 0 Å². The maximum absolute atomic E-state index is 3.76. The molecule has 0 unspecified atom stereocenters. The molecule has 0 bridgehead atoms. The SMILES string of the molecule is [CH2]CC(C)(C)C.[LiH]. The first-order chi connectivity index (χ1) is 2.56. The summed E-state index contributed by atoms with van der Waals surface area (Å²) in [6, 6.07) is 0. The fraction of sp³-hybridized carbons (Fsp3) is 0.833. The van der Waals surface area contributed by atoms with Crippen molar-refractivity contribution in [2.75, 3.05) is 0 Å². The molecule has 39 valence electrons. The van der Waals surface area contributed by atoms with E-state index in [2.05, 4.69) is 27.7 Å². The van der Waals surface area contributed by atoms with Crippen LogP contribution in [-0.2, 0) is 0 Å². The van der Waals surface area contributed by atoms with Crippen molar-refractivity contribution in [3.05, 3.63) is 6.92 Å². The van der Waals surface area contributed by atoms with Crippen LogP contribution in [-0.4, -0.2) is 18.9 Å². The first kappa shape index (κ1) is 10.6. The van der Waals surface area contributed by atoms with E-state index in [9.17, 15) is 0 Å². The molecule has 0 aromatic rings. The van der Waals surface area contributed by atoms with E-state index in [1.54, 1.807) is 0 Å². The Balaban J connectivity index is 0. The van der Waals surface area contributed by atoms with E-state index in [1.807, 2.05) is 0 Å². The molecule has 0 fully saturated rings. The van der Waals surface area contributed by atoms with Crippen molar-refractivity contribution in [2.45, 2.75) is 27.2 Å². The summed E-state index contributed by atoms with van der Waals surface area (Å²) in [6.07, 6.45) is 1.02. The summed E-state index contributed by atoms with van der Waals surface area (Å²) < 4.78 is 0. The van der Waals surface area contributed by atoms with E-state index >= 15 is 0 Å². The Morgan fingerprint density at radius 1 is 1.29 bits per heavy atom. The van der Waals surface area contributed by atoms with Crippen molar-refractivity contribution >= 4 is 18.9 Å². The molecule has 0 rings (SSSR count). The van der Waals surface area contributed by atoms with E-state index in [0.29, 0.717) is 5.41 Å². The molecule has 0 saturated heterocycles. The normalized spacial score (nSPS) is 10.3. The first-order valence-electron chi connectivity index (χ1n) is 2.35. The van der Waals surface area contributed by atoms with Gasteiger partial charge in [0.05, 0.1) is 0 Å². The minimum absolute atomic E-state index is 0. The zero-order valence-electron chi connectivity index (χ0n) is 4.91. The molecule has 0 heterocycles. The average Bonchev–Trinajstić information content (AvgIpc) is 1.35. The summed E-state index contributed by atoms with van der Waals surface area (Å²) in [5.41, 5.74) is 0.431. The fourth-order valence-electron chi connectivity index (χ4n) is 0. The van der Waals surface area contributed by atoms with Gasteiger partial charge in [-0.3, -0.25) is 0 Å². The van der Waals surface area contributed by atoms with Crippen molar-refractivity contribution in [1.82, 2.24) is 0 Å². The predicted octanol–water partition coefficient (Wildman–Crippen LogP) is 1.61. The molecule has 0 N–H and O–H groups in total. The Kier molecular flexibility index (Phi) is 5.40. The molecular formula is C6H14Li. The van der Waals surface area contributed by atoms with Crippen LogP contribution < -0.4 is 0 Å².